The van der Waals surface area contributed by atoms with Crippen molar-refractivity contribution in [2.24, 2.45) is 0 Å². The number of carbonyl (C=O) groups is 1. The van der Waals surface area contributed by atoms with Crippen molar-refractivity contribution in [3.63, 3.8) is 0 Å². The largest absolute Gasteiger partial charge is 0.368 e. The third kappa shape index (κ3) is 3.03. The third-order valence-corrected chi connectivity index (χ3v) is 3.24. The zero-order valence-electron chi connectivity index (χ0n) is 12.3. The van der Waals surface area contributed by atoms with Gasteiger partial charge in [0.05, 0.1) is 5.69 Å². The summed E-state index contributed by atoms with van der Waals surface area (Å²) >= 11 is 0. The van der Waals surface area contributed by atoms with Crippen LogP contribution in [0.5, 0.6) is 0 Å². The Kier molecular flexibility index (Phi) is 3.76. The van der Waals surface area contributed by atoms with Gasteiger partial charge in [0.2, 0.25) is 11.9 Å². The molecule has 0 unspecified atom stereocenters. The van der Waals surface area contributed by atoms with E-state index in [9.17, 15) is 9.18 Å². The second kappa shape index (κ2) is 5.88. The van der Waals surface area contributed by atoms with Gasteiger partial charge in [-0.25, -0.2) is 4.39 Å². The van der Waals surface area contributed by atoms with E-state index in [-0.39, 0.29) is 17.6 Å². The fraction of sp³-hybridized carbons (Fsp3) is 0.0625. The number of para-hydroxylation sites is 1. The smallest absolute Gasteiger partial charge is 0.281 e. The Balaban J connectivity index is 1.87. The van der Waals surface area contributed by atoms with Gasteiger partial charge in [0.15, 0.2) is 0 Å². The highest BCUT2D eigenvalue weighted by molar-refractivity contribution is 5.96. The Bertz CT molecular complexity index is 857. The van der Waals surface area contributed by atoms with E-state index in [1.54, 1.807) is 24.3 Å². The Morgan fingerprint density at radius 2 is 1.87 bits per heavy atom. The summed E-state index contributed by atoms with van der Waals surface area (Å²) in [7, 11) is 0. The molecule has 0 spiro atoms. The van der Waals surface area contributed by atoms with Gasteiger partial charge in [-0.2, -0.15) is 9.67 Å². The zero-order chi connectivity index (χ0) is 16.4. The monoisotopic (exact) mass is 311 g/mol. The van der Waals surface area contributed by atoms with Gasteiger partial charge in [-0.05, 0) is 31.2 Å². The van der Waals surface area contributed by atoms with Gasteiger partial charge in [0.25, 0.3) is 5.91 Å². The maximum absolute atomic E-state index is 13.6. The van der Waals surface area contributed by atoms with Crippen LogP contribution in [-0.4, -0.2) is 20.7 Å². The van der Waals surface area contributed by atoms with Crippen LogP contribution >= 0.6 is 0 Å². The predicted octanol–water partition coefficient (Wildman–Crippen LogP) is 2.74. The standard InChI is InChI=1S/C16H14FN5O/c1-10-6-8-11(9-7-10)14(23)22-15(18)20-16(21-22)19-13-5-3-2-4-12(13)17/h2-9H,1H3,(H3,18,19,20,21). The fourth-order valence-corrected chi connectivity index (χ4v) is 2.03. The molecule has 0 radical (unpaired) electrons. The summed E-state index contributed by atoms with van der Waals surface area (Å²) in [5.74, 6) is -0.883. The molecule has 0 aliphatic rings. The van der Waals surface area contributed by atoms with Crippen molar-refractivity contribution in [3.05, 3.63) is 65.5 Å². The van der Waals surface area contributed by atoms with Crippen LogP contribution < -0.4 is 11.1 Å². The molecule has 23 heavy (non-hydrogen) atoms. The average Bonchev–Trinajstić information content (AvgIpc) is 2.90. The maximum atomic E-state index is 13.6. The predicted molar refractivity (Wildman–Crippen MR) is 85.0 cm³/mol. The molecule has 0 saturated heterocycles. The van der Waals surface area contributed by atoms with E-state index < -0.39 is 11.7 Å². The van der Waals surface area contributed by atoms with E-state index in [1.165, 1.54) is 12.1 Å². The number of nitrogen functional groups attached to an aromatic ring is 1. The highest BCUT2D eigenvalue weighted by atomic mass is 19.1. The molecule has 3 N–H and O–H groups in total. The first-order valence-electron chi connectivity index (χ1n) is 6.90. The van der Waals surface area contributed by atoms with Gasteiger partial charge < -0.3 is 11.1 Å². The van der Waals surface area contributed by atoms with E-state index in [2.05, 4.69) is 15.4 Å². The number of aryl methyl sites for hydroxylation is 1. The lowest BCUT2D eigenvalue weighted by molar-refractivity contribution is 0.0948. The molecule has 6 nitrogen and oxygen atoms in total. The highest BCUT2D eigenvalue weighted by Gasteiger charge is 2.16. The number of nitrogens with zero attached hydrogens (tertiary/aromatic N) is 3. The molecule has 1 aromatic heterocycles. The quantitative estimate of drug-likeness (QED) is 0.777. The summed E-state index contributed by atoms with van der Waals surface area (Å²) in [4.78, 5) is 16.3. The lowest BCUT2D eigenvalue weighted by Crippen LogP contribution is -2.16. The van der Waals surface area contributed by atoms with Crippen molar-refractivity contribution in [2.45, 2.75) is 6.92 Å². The van der Waals surface area contributed by atoms with Crippen LogP contribution in [0.25, 0.3) is 0 Å². The SMILES string of the molecule is Cc1ccc(C(=O)n2nc(Nc3ccccc3F)nc2N)cc1. The Labute approximate surface area is 131 Å². The summed E-state index contributed by atoms with van der Waals surface area (Å²) in [5, 5.41) is 6.70. The minimum Gasteiger partial charge on any atom is -0.368 e. The van der Waals surface area contributed by atoms with Gasteiger partial charge in [0.1, 0.15) is 5.82 Å². The number of hydrogen-bond acceptors (Lipinski definition) is 5. The van der Waals surface area contributed by atoms with Crippen molar-refractivity contribution >= 4 is 23.5 Å². The number of benzene rings is 2. The number of halogens is 1. The molecule has 0 fully saturated rings. The second-order valence-corrected chi connectivity index (χ2v) is 4.98. The van der Waals surface area contributed by atoms with E-state index in [0.29, 0.717) is 5.56 Å². The van der Waals surface area contributed by atoms with Gasteiger partial charge in [0, 0.05) is 5.56 Å². The van der Waals surface area contributed by atoms with E-state index >= 15 is 0 Å². The van der Waals surface area contributed by atoms with Crippen molar-refractivity contribution in [1.82, 2.24) is 14.8 Å². The second-order valence-electron chi connectivity index (χ2n) is 4.98. The number of rotatable bonds is 3. The molecule has 0 amide bonds. The molecule has 0 bridgehead atoms. The number of hydrogen-bond donors (Lipinski definition) is 2. The van der Waals surface area contributed by atoms with Crippen LogP contribution in [0.3, 0.4) is 0 Å². The Hall–Kier alpha value is -3.22. The summed E-state index contributed by atoms with van der Waals surface area (Å²) in [5.41, 5.74) is 7.41. The normalized spacial score (nSPS) is 10.5. The zero-order valence-corrected chi connectivity index (χ0v) is 12.3. The molecule has 116 valence electrons. The van der Waals surface area contributed by atoms with Crippen molar-refractivity contribution in [2.75, 3.05) is 11.1 Å². The molecular weight excluding hydrogens is 297 g/mol. The van der Waals surface area contributed by atoms with Crippen molar-refractivity contribution in [1.29, 1.82) is 0 Å². The number of carbonyl (C=O) groups excluding carboxylic acids is 1. The van der Waals surface area contributed by atoms with Crippen LogP contribution in [0, 0.1) is 12.7 Å². The van der Waals surface area contributed by atoms with E-state index in [1.807, 2.05) is 19.1 Å². The van der Waals surface area contributed by atoms with Crippen LogP contribution in [0.15, 0.2) is 48.5 Å². The van der Waals surface area contributed by atoms with E-state index in [4.69, 9.17) is 5.73 Å². The Morgan fingerprint density at radius 1 is 1.17 bits per heavy atom. The third-order valence-electron chi connectivity index (χ3n) is 3.24. The lowest BCUT2D eigenvalue weighted by atomic mass is 10.1. The van der Waals surface area contributed by atoms with Gasteiger partial charge in [-0.15, -0.1) is 5.10 Å². The molecule has 7 heteroatoms. The first-order chi connectivity index (χ1) is 11.0. The van der Waals surface area contributed by atoms with Crippen LogP contribution in [0.1, 0.15) is 15.9 Å². The minimum atomic E-state index is -0.452. The van der Waals surface area contributed by atoms with Gasteiger partial charge >= 0.3 is 0 Å². The summed E-state index contributed by atoms with van der Waals surface area (Å²) in [6, 6.07) is 13.1. The van der Waals surface area contributed by atoms with E-state index in [0.717, 1.165) is 10.2 Å². The number of anilines is 3. The van der Waals surface area contributed by atoms with Gasteiger partial charge in [-0.1, -0.05) is 29.8 Å². The molecule has 1 heterocycles. The van der Waals surface area contributed by atoms with Crippen LogP contribution in [0.4, 0.5) is 22.0 Å². The molecule has 0 atom stereocenters. The van der Waals surface area contributed by atoms with Crippen molar-refractivity contribution < 1.29 is 9.18 Å². The number of aromatic nitrogens is 3. The summed E-state index contributed by atoms with van der Waals surface area (Å²) in [6.07, 6.45) is 0. The minimum absolute atomic E-state index is 0.0491. The molecule has 3 aromatic rings. The fourth-order valence-electron chi connectivity index (χ4n) is 2.03. The maximum Gasteiger partial charge on any atom is 0.281 e. The molecule has 2 aromatic carbocycles. The molecule has 0 aliphatic carbocycles. The number of nitrogens with one attached hydrogen (secondary N) is 1. The first kappa shape index (κ1) is 14.7. The first-order valence-corrected chi connectivity index (χ1v) is 6.90. The van der Waals surface area contributed by atoms with Crippen LogP contribution in [0.2, 0.25) is 0 Å². The molecule has 0 saturated carbocycles. The summed E-state index contributed by atoms with van der Waals surface area (Å²) < 4.78 is 14.6. The van der Waals surface area contributed by atoms with Gasteiger partial charge in [-0.3, -0.25) is 4.79 Å². The highest BCUT2D eigenvalue weighted by Crippen LogP contribution is 2.18. The Morgan fingerprint density at radius 3 is 2.57 bits per heavy atom. The lowest BCUT2D eigenvalue weighted by Gasteiger charge is -2.03. The molecule has 3 rings (SSSR count). The molecular formula is C16H14FN5O. The molecule has 0 aliphatic heterocycles. The average molecular weight is 311 g/mol. The summed E-state index contributed by atoms with van der Waals surface area (Å²) in [6.45, 7) is 1.93. The topological polar surface area (TPSA) is 85.8 Å². The number of nitrogens with two attached hydrogens (primary N) is 1. The van der Waals surface area contributed by atoms with Crippen molar-refractivity contribution in [3.8, 4) is 0 Å². The van der Waals surface area contributed by atoms with Crippen LogP contribution in [-0.2, 0) is 0 Å².